The fraction of sp³-hybridized carbons (Fsp3) is 0.500. The minimum atomic E-state index is -0.488. The normalized spacial score (nSPS) is 18.9. The number of fused-ring (bicyclic) bond motifs is 1. The number of para-hydroxylation sites is 1. The number of aryl methyl sites for hydroxylation is 1. The largest absolute Gasteiger partial charge is 0.301 e. The predicted octanol–water partition coefficient (Wildman–Crippen LogP) is 2.97. The third-order valence-corrected chi connectivity index (χ3v) is 3.58. The van der Waals surface area contributed by atoms with E-state index in [9.17, 15) is 9.59 Å². The van der Waals surface area contributed by atoms with Gasteiger partial charge in [-0.1, -0.05) is 39.0 Å². The molecule has 0 saturated carbocycles. The highest BCUT2D eigenvalue weighted by Crippen LogP contribution is 2.34. The number of hydrogen-bond donors (Lipinski definition) is 0. The molecule has 0 aliphatic carbocycles. The van der Waals surface area contributed by atoms with Crippen molar-refractivity contribution in [1.82, 2.24) is 0 Å². The van der Waals surface area contributed by atoms with Crippen molar-refractivity contribution < 1.29 is 9.59 Å². The monoisotopic (exact) mass is 259 g/mol. The van der Waals surface area contributed by atoms with E-state index in [4.69, 9.17) is 0 Å². The Hall–Kier alpha value is -1.64. The van der Waals surface area contributed by atoms with Crippen LogP contribution in [0.3, 0.4) is 0 Å². The maximum absolute atomic E-state index is 12.7. The quantitative estimate of drug-likeness (QED) is 0.777. The van der Waals surface area contributed by atoms with Gasteiger partial charge in [0.25, 0.3) is 0 Å². The number of anilines is 1. The predicted molar refractivity (Wildman–Crippen MR) is 76.2 cm³/mol. The van der Waals surface area contributed by atoms with E-state index in [1.165, 1.54) is 0 Å². The van der Waals surface area contributed by atoms with E-state index in [0.29, 0.717) is 6.42 Å². The Bertz CT molecular complexity index is 514. The van der Waals surface area contributed by atoms with Gasteiger partial charge in [-0.3, -0.25) is 9.59 Å². The highest BCUT2D eigenvalue weighted by atomic mass is 16.2. The number of nitrogens with zero attached hydrogens (tertiary/aromatic N) is 1. The van der Waals surface area contributed by atoms with E-state index >= 15 is 0 Å². The average molecular weight is 259 g/mol. The van der Waals surface area contributed by atoms with Gasteiger partial charge in [0.2, 0.25) is 5.91 Å². The van der Waals surface area contributed by atoms with Crippen LogP contribution in [-0.2, 0) is 16.0 Å². The molecule has 0 bridgehead atoms. The van der Waals surface area contributed by atoms with Crippen molar-refractivity contribution in [2.24, 2.45) is 5.41 Å². The van der Waals surface area contributed by atoms with Crippen molar-refractivity contribution in [2.75, 3.05) is 4.90 Å². The molecule has 0 spiro atoms. The van der Waals surface area contributed by atoms with E-state index in [2.05, 4.69) is 0 Å². The molecule has 0 radical (unpaired) electrons. The van der Waals surface area contributed by atoms with E-state index in [1.54, 1.807) is 11.8 Å². The van der Waals surface area contributed by atoms with Gasteiger partial charge in [-0.25, -0.2) is 0 Å². The molecule has 3 heteroatoms. The SMILES string of the molecule is CC(=O)C1CCc2ccccc2N1C(=O)C(C)(C)C. The molecule has 1 unspecified atom stereocenters. The van der Waals surface area contributed by atoms with E-state index in [1.807, 2.05) is 45.0 Å². The highest BCUT2D eigenvalue weighted by Gasteiger charge is 2.38. The van der Waals surface area contributed by atoms with Crippen LogP contribution in [-0.4, -0.2) is 17.7 Å². The van der Waals surface area contributed by atoms with Crippen molar-refractivity contribution in [1.29, 1.82) is 0 Å². The molecule has 102 valence electrons. The van der Waals surface area contributed by atoms with Crippen molar-refractivity contribution >= 4 is 17.4 Å². The first-order valence-corrected chi connectivity index (χ1v) is 6.74. The average Bonchev–Trinajstić information content (AvgIpc) is 2.35. The molecule has 1 amide bonds. The molecule has 0 saturated heterocycles. The van der Waals surface area contributed by atoms with E-state index in [-0.39, 0.29) is 17.7 Å². The van der Waals surface area contributed by atoms with Crippen LogP contribution < -0.4 is 4.90 Å². The third-order valence-electron chi connectivity index (χ3n) is 3.58. The van der Waals surface area contributed by atoms with Gasteiger partial charge in [0, 0.05) is 11.1 Å². The van der Waals surface area contributed by atoms with Crippen LogP contribution in [0, 0.1) is 5.41 Å². The van der Waals surface area contributed by atoms with Gasteiger partial charge < -0.3 is 4.90 Å². The minimum Gasteiger partial charge on any atom is -0.301 e. The molecule has 0 N–H and O–H groups in total. The fourth-order valence-corrected chi connectivity index (χ4v) is 2.54. The Balaban J connectivity index is 2.50. The number of amides is 1. The summed E-state index contributed by atoms with van der Waals surface area (Å²) in [4.78, 5) is 26.2. The second-order valence-electron chi connectivity index (χ2n) is 6.22. The van der Waals surface area contributed by atoms with Crippen LogP contribution in [0.25, 0.3) is 0 Å². The molecule has 1 aromatic carbocycles. The summed E-state index contributed by atoms with van der Waals surface area (Å²) < 4.78 is 0. The topological polar surface area (TPSA) is 37.4 Å². The summed E-state index contributed by atoms with van der Waals surface area (Å²) in [7, 11) is 0. The maximum Gasteiger partial charge on any atom is 0.233 e. The maximum atomic E-state index is 12.7. The Labute approximate surface area is 114 Å². The standard InChI is InChI=1S/C16H21NO2/c1-11(18)13-10-9-12-7-5-6-8-14(12)17(13)15(19)16(2,3)4/h5-8,13H,9-10H2,1-4H3. The summed E-state index contributed by atoms with van der Waals surface area (Å²) in [5, 5.41) is 0. The van der Waals surface area contributed by atoms with Crippen molar-refractivity contribution in [3.05, 3.63) is 29.8 Å². The molecule has 1 atom stereocenters. The van der Waals surface area contributed by atoms with Crippen molar-refractivity contribution in [3.8, 4) is 0 Å². The van der Waals surface area contributed by atoms with Gasteiger partial charge in [-0.2, -0.15) is 0 Å². The fourth-order valence-electron chi connectivity index (χ4n) is 2.54. The molecule has 0 aromatic heterocycles. The van der Waals surface area contributed by atoms with Crippen LogP contribution in [0.5, 0.6) is 0 Å². The second kappa shape index (κ2) is 4.80. The molecular formula is C16H21NO2. The second-order valence-corrected chi connectivity index (χ2v) is 6.22. The summed E-state index contributed by atoms with van der Waals surface area (Å²) in [6, 6.07) is 7.56. The zero-order valence-electron chi connectivity index (χ0n) is 12.1. The van der Waals surface area contributed by atoms with Gasteiger partial charge in [-0.15, -0.1) is 0 Å². The van der Waals surface area contributed by atoms with Crippen molar-refractivity contribution in [3.63, 3.8) is 0 Å². The summed E-state index contributed by atoms with van der Waals surface area (Å²) in [6.45, 7) is 7.25. The first kappa shape index (κ1) is 13.8. The Morgan fingerprint density at radius 1 is 1.21 bits per heavy atom. The highest BCUT2D eigenvalue weighted by molar-refractivity contribution is 6.04. The number of rotatable bonds is 1. The molecule has 3 nitrogen and oxygen atoms in total. The lowest BCUT2D eigenvalue weighted by Gasteiger charge is -2.39. The number of hydrogen-bond acceptors (Lipinski definition) is 2. The Morgan fingerprint density at radius 2 is 1.84 bits per heavy atom. The minimum absolute atomic E-state index is 0.0138. The van der Waals surface area contributed by atoms with Crippen LogP contribution in [0.15, 0.2) is 24.3 Å². The smallest absolute Gasteiger partial charge is 0.233 e. The van der Waals surface area contributed by atoms with Crippen molar-refractivity contribution in [2.45, 2.75) is 46.6 Å². The molecule has 1 heterocycles. The Morgan fingerprint density at radius 3 is 2.42 bits per heavy atom. The number of benzene rings is 1. The molecule has 1 aliphatic heterocycles. The number of Topliss-reactive ketones (excluding diaryl/α,β-unsaturated/α-hetero) is 1. The summed E-state index contributed by atoms with van der Waals surface area (Å²) >= 11 is 0. The summed E-state index contributed by atoms with van der Waals surface area (Å²) in [6.07, 6.45) is 1.57. The summed E-state index contributed by atoms with van der Waals surface area (Å²) in [5.74, 6) is 0.0759. The van der Waals surface area contributed by atoms with Crippen LogP contribution >= 0.6 is 0 Å². The van der Waals surface area contributed by atoms with Gasteiger partial charge >= 0.3 is 0 Å². The molecular weight excluding hydrogens is 238 g/mol. The number of carbonyl (C=O) groups excluding carboxylic acids is 2. The zero-order valence-corrected chi connectivity index (χ0v) is 12.1. The first-order valence-electron chi connectivity index (χ1n) is 6.74. The lowest BCUT2D eigenvalue weighted by Crippen LogP contribution is -2.51. The first-order chi connectivity index (χ1) is 8.82. The third kappa shape index (κ3) is 2.55. The summed E-state index contributed by atoms with van der Waals surface area (Å²) in [5.41, 5.74) is 1.56. The van der Waals surface area contributed by atoms with E-state index < -0.39 is 5.41 Å². The van der Waals surface area contributed by atoms with Gasteiger partial charge in [0.1, 0.15) is 0 Å². The van der Waals surface area contributed by atoms with Gasteiger partial charge in [0.05, 0.1) is 6.04 Å². The molecule has 1 aromatic rings. The zero-order chi connectivity index (χ0) is 14.2. The lowest BCUT2D eigenvalue weighted by molar-refractivity contribution is -0.129. The molecule has 0 fully saturated rings. The van der Waals surface area contributed by atoms with Gasteiger partial charge in [-0.05, 0) is 31.4 Å². The number of carbonyl (C=O) groups is 2. The molecule has 2 rings (SSSR count). The lowest BCUT2D eigenvalue weighted by atomic mass is 9.88. The Kier molecular flexibility index (Phi) is 3.48. The van der Waals surface area contributed by atoms with Crippen LogP contribution in [0.2, 0.25) is 0 Å². The van der Waals surface area contributed by atoms with E-state index in [0.717, 1.165) is 17.7 Å². The molecule has 19 heavy (non-hydrogen) atoms. The van der Waals surface area contributed by atoms with Gasteiger partial charge in [0.15, 0.2) is 5.78 Å². The number of ketones is 1. The van der Waals surface area contributed by atoms with Crippen LogP contribution in [0.4, 0.5) is 5.69 Å². The van der Waals surface area contributed by atoms with Crippen LogP contribution in [0.1, 0.15) is 39.7 Å². The molecule has 1 aliphatic rings.